The lowest BCUT2D eigenvalue weighted by Crippen LogP contribution is -2.15. The van der Waals surface area contributed by atoms with Gasteiger partial charge in [-0.25, -0.2) is 4.79 Å². The van der Waals surface area contributed by atoms with Crippen LogP contribution in [-0.2, 0) is 4.74 Å². The minimum atomic E-state index is -0.542. The highest BCUT2D eigenvalue weighted by Gasteiger charge is 2.12. The van der Waals surface area contributed by atoms with Gasteiger partial charge in [0.05, 0.1) is 5.52 Å². The van der Waals surface area contributed by atoms with E-state index in [-0.39, 0.29) is 6.61 Å². The molecular formula is C20H16N4O2S2. The van der Waals surface area contributed by atoms with Gasteiger partial charge in [-0.1, -0.05) is 71.7 Å². The summed E-state index contributed by atoms with van der Waals surface area (Å²) in [5, 5.41) is 12.3. The van der Waals surface area contributed by atoms with Gasteiger partial charge in [-0.05, 0) is 24.1 Å². The molecule has 1 aliphatic rings. The number of carbonyl (C=O) groups excluding carboxylic acids is 1. The highest BCUT2D eigenvalue weighted by Crippen LogP contribution is 2.35. The first-order valence-corrected chi connectivity index (χ1v) is 10.2. The lowest BCUT2D eigenvalue weighted by Gasteiger charge is -2.06. The fraction of sp³-hybridized carbons (Fsp3) is 0.100. The SMILES string of the molecule is O=C(Nc1nnc(Sc2ccnc3ccccc23)s1)OCC1=CC=CC=CC1. The van der Waals surface area contributed by atoms with Gasteiger partial charge < -0.3 is 4.74 Å². The summed E-state index contributed by atoms with van der Waals surface area (Å²) in [6, 6.07) is 9.87. The number of rotatable bonds is 5. The van der Waals surface area contributed by atoms with E-state index in [9.17, 15) is 4.79 Å². The maximum Gasteiger partial charge on any atom is 0.413 e. The van der Waals surface area contributed by atoms with Gasteiger partial charge in [0.15, 0.2) is 4.34 Å². The molecule has 6 nitrogen and oxygen atoms in total. The van der Waals surface area contributed by atoms with Crippen molar-refractivity contribution in [3.8, 4) is 0 Å². The van der Waals surface area contributed by atoms with Crippen molar-refractivity contribution in [2.75, 3.05) is 11.9 Å². The van der Waals surface area contributed by atoms with Crippen LogP contribution in [0.2, 0.25) is 0 Å². The Labute approximate surface area is 170 Å². The molecule has 0 atom stereocenters. The van der Waals surface area contributed by atoms with E-state index in [1.54, 1.807) is 6.20 Å². The number of anilines is 1. The average molecular weight is 409 g/mol. The van der Waals surface area contributed by atoms with Crippen molar-refractivity contribution in [3.05, 3.63) is 72.5 Å². The zero-order chi connectivity index (χ0) is 19.2. The minimum Gasteiger partial charge on any atom is -0.445 e. The van der Waals surface area contributed by atoms with Gasteiger partial charge in [-0.3, -0.25) is 10.3 Å². The number of fused-ring (bicyclic) bond motifs is 1. The molecule has 140 valence electrons. The van der Waals surface area contributed by atoms with Crippen LogP contribution in [0.3, 0.4) is 0 Å². The summed E-state index contributed by atoms with van der Waals surface area (Å²) < 4.78 is 5.99. The maximum absolute atomic E-state index is 12.0. The molecule has 0 unspecified atom stereocenters. The van der Waals surface area contributed by atoms with Crippen molar-refractivity contribution in [1.29, 1.82) is 0 Å². The van der Waals surface area contributed by atoms with E-state index in [0.29, 0.717) is 5.13 Å². The Hall–Kier alpha value is -2.97. The summed E-state index contributed by atoms with van der Waals surface area (Å²) in [4.78, 5) is 17.4. The van der Waals surface area contributed by atoms with Gasteiger partial charge in [0.2, 0.25) is 5.13 Å². The Morgan fingerprint density at radius 3 is 3.07 bits per heavy atom. The third kappa shape index (κ3) is 4.65. The van der Waals surface area contributed by atoms with E-state index >= 15 is 0 Å². The number of para-hydroxylation sites is 1. The summed E-state index contributed by atoms with van der Waals surface area (Å²) in [5.41, 5.74) is 1.95. The van der Waals surface area contributed by atoms with Gasteiger partial charge >= 0.3 is 6.09 Å². The fourth-order valence-corrected chi connectivity index (χ4v) is 4.38. The zero-order valence-corrected chi connectivity index (χ0v) is 16.4. The molecule has 1 aliphatic carbocycles. The van der Waals surface area contributed by atoms with Crippen LogP contribution in [0.25, 0.3) is 10.9 Å². The summed E-state index contributed by atoms with van der Waals surface area (Å²) in [6.07, 6.45) is 11.8. The van der Waals surface area contributed by atoms with Crippen molar-refractivity contribution in [2.45, 2.75) is 15.7 Å². The first-order valence-electron chi connectivity index (χ1n) is 8.58. The molecule has 3 aromatic rings. The van der Waals surface area contributed by atoms with Crippen LogP contribution in [0.1, 0.15) is 6.42 Å². The van der Waals surface area contributed by atoms with Gasteiger partial charge in [-0.15, -0.1) is 10.2 Å². The highest BCUT2D eigenvalue weighted by molar-refractivity contribution is 8.01. The number of ether oxygens (including phenoxy) is 1. The summed E-state index contributed by atoms with van der Waals surface area (Å²) in [7, 11) is 0. The van der Waals surface area contributed by atoms with Crippen LogP contribution in [-0.4, -0.2) is 27.9 Å². The normalized spacial score (nSPS) is 13.2. The van der Waals surface area contributed by atoms with Gasteiger partial charge in [0.1, 0.15) is 6.61 Å². The number of pyridine rings is 1. The lowest BCUT2D eigenvalue weighted by molar-refractivity contribution is 0.171. The lowest BCUT2D eigenvalue weighted by atomic mass is 10.2. The predicted molar refractivity (Wildman–Crippen MR) is 112 cm³/mol. The second-order valence-electron chi connectivity index (χ2n) is 5.84. The molecule has 0 radical (unpaired) electrons. The van der Waals surface area contributed by atoms with Crippen molar-refractivity contribution >= 4 is 45.2 Å². The van der Waals surface area contributed by atoms with Gasteiger partial charge in [0.25, 0.3) is 0 Å². The first kappa shape index (κ1) is 18.4. The van der Waals surface area contributed by atoms with E-state index in [1.807, 2.05) is 60.7 Å². The van der Waals surface area contributed by atoms with Crippen molar-refractivity contribution in [2.24, 2.45) is 0 Å². The first-order chi connectivity index (χ1) is 13.8. The van der Waals surface area contributed by atoms with Crippen LogP contribution in [0, 0.1) is 0 Å². The van der Waals surface area contributed by atoms with E-state index in [4.69, 9.17) is 4.74 Å². The second kappa shape index (κ2) is 8.81. The predicted octanol–water partition coefficient (Wildman–Crippen LogP) is 5.23. The number of allylic oxidation sites excluding steroid dienone is 5. The molecule has 1 aromatic carbocycles. The Morgan fingerprint density at radius 1 is 1.18 bits per heavy atom. The van der Waals surface area contributed by atoms with E-state index < -0.39 is 6.09 Å². The molecule has 2 aromatic heterocycles. The molecule has 0 saturated heterocycles. The summed E-state index contributed by atoms with van der Waals surface area (Å²) in [5.74, 6) is 0. The number of aromatic nitrogens is 3. The molecule has 8 heteroatoms. The molecule has 28 heavy (non-hydrogen) atoms. The Kier molecular flexibility index (Phi) is 5.79. The van der Waals surface area contributed by atoms with E-state index in [0.717, 1.165) is 32.1 Å². The second-order valence-corrected chi connectivity index (χ2v) is 8.11. The molecular weight excluding hydrogens is 392 g/mol. The third-order valence-electron chi connectivity index (χ3n) is 3.88. The topological polar surface area (TPSA) is 77.0 Å². The Balaban J connectivity index is 1.36. The fourth-order valence-electron chi connectivity index (χ4n) is 2.56. The van der Waals surface area contributed by atoms with E-state index in [2.05, 4.69) is 20.5 Å². The molecule has 0 spiro atoms. The highest BCUT2D eigenvalue weighted by atomic mass is 32.2. The number of nitrogens with zero attached hydrogens (tertiary/aromatic N) is 3. The van der Waals surface area contributed by atoms with Crippen LogP contribution >= 0.6 is 23.1 Å². The largest absolute Gasteiger partial charge is 0.445 e. The molecule has 0 bridgehead atoms. The maximum atomic E-state index is 12.0. The molecule has 1 N–H and O–H groups in total. The van der Waals surface area contributed by atoms with Crippen molar-refractivity contribution < 1.29 is 9.53 Å². The number of carbonyl (C=O) groups is 1. The Bertz CT molecular complexity index is 1080. The zero-order valence-electron chi connectivity index (χ0n) is 14.7. The molecule has 0 fully saturated rings. The van der Waals surface area contributed by atoms with Crippen LogP contribution in [0.4, 0.5) is 9.93 Å². The smallest absolute Gasteiger partial charge is 0.413 e. The number of amides is 1. The van der Waals surface area contributed by atoms with Crippen molar-refractivity contribution in [1.82, 2.24) is 15.2 Å². The minimum absolute atomic E-state index is 0.240. The summed E-state index contributed by atoms with van der Waals surface area (Å²) in [6.45, 7) is 0.240. The number of hydrogen-bond acceptors (Lipinski definition) is 7. The number of benzene rings is 1. The van der Waals surface area contributed by atoms with Crippen LogP contribution in [0.15, 0.2) is 81.7 Å². The number of hydrogen-bond donors (Lipinski definition) is 1. The molecule has 0 saturated carbocycles. The standard InChI is InChI=1S/C20H16N4O2S2/c25-19(26-13-14-7-3-1-2-4-8-14)22-18-23-24-20(28-18)27-17-11-12-21-16-10-6-5-9-15(16)17/h1-7,9-12H,8,13H2,(H,22,23,25). The monoisotopic (exact) mass is 408 g/mol. The Morgan fingerprint density at radius 2 is 2.11 bits per heavy atom. The van der Waals surface area contributed by atoms with Crippen LogP contribution in [0.5, 0.6) is 0 Å². The molecule has 0 aliphatic heterocycles. The van der Waals surface area contributed by atoms with Gasteiger partial charge in [0, 0.05) is 16.5 Å². The molecule has 4 rings (SSSR count). The third-order valence-corrected chi connectivity index (χ3v) is 5.85. The molecule has 1 amide bonds. The van der Waals surface area contributed by atoms with Gasteiger partial charge in [-0.2, -0.15) is 0 Å². The quantitative estimate of drug-likeness (QED) is 0.583. The van der Waals surface area contributed by atoms with Crippen molar-refractivity contribution in [3.63, 3.8) is 0 Å². The number of nitrogens with one attached hydrogen (secondary N) is 1. The average Bonchev–Trinajstić information content (AvgIpc) is 2.98. The summed E-state index contributed by atoms with van der Waals surface area (Å²) >= 11 is 2.79. The molecule has 2 heterocycles. The van der Waals surface area contributed by atoms with E-state index in [1.165, 1.54) is 23.1 Å². The van der Waals surface area contributed by atoms with Crippen LogP contribution < -0.4 is 5.32 Å².